The van der Waals surface area contributed by atoms with Gasteiger partial charge in [-0.05, 0) is 55.7 Å². The molecule has 3 aliphatic rings. The summed E-state index contributed by atoms with van der Waals surface area (Å²) in [7, 11) is 1.74. The fourth-order valence-corrected chi connectivity index (χ4v) is 7.09. The summed E-state index contributed by atoms with van der Waals surface area (Å²) < 4.78 is 7.57. The lowest BCUT2D eigenvalue weighted by Crippen LogP contribution is -2.53. The number of carbonyl (C=O) groups excluding carboxylic acids is 2. The molecule has 6 rings (SSSR count). The molecule has 2 saturated carbocycles. The van der Waals surface area contributed by atoms with E-state index in [2.05, 4.69) is 74.8 Å². The molecule has 7 nitrogen and oxygen atoms in total. The molecule has 2 amide bonds. The van der Waals surface area contributed by atoms with Crippen LogP contribution >= 0.6 is 0 Å². The van der Waals surface area contributed by atoms with Gasteiger partial charge >= 0.3 is 0 Å². The quantitative estimate of drug-likeness (QED) is 0.327. The molecule has 218 valence electrons. The van der Waals surface area contributed by atoms with Crippen molar-refractivity contribution in [3.05, 3.63) is 71.9 Å². The first-order chi connectivity index (χ1) is 20.1. The minimum Gasteiger partial charge on any atom is -0.385 e. The Hall–Kier alpha value is -3.16. The van der Waals surface area contributed by atoms with E-state index in [0.29, 0.717) is 32.1 Å². The molecule has 41 heavy (non-hydrogen) atoms. The van der Waals surface area contributed by atoms with Crippen LogP contribution in [0.3, 0.4) is 0 Å². The Labute approximate surface area is 243 Å². The molecule has 1 saturated heterocycles. The maximum absolute atomic E-state index is 14.1. The van der Waals surface area contributed by atoms with Gasteiger partial charge in [0.2, 0.25) is 11.8 Å². The van der Waals surface area contributed by atoms with Gasteiger partial charge in [-0.3, -0.25) is 9.59 Å². The molecule has 1 aromatic heterocycles. The molecular weight excluding hydrogens is 512 g/mol. The largest absolute Gasteiger partial charge is 0.385 e. The van der Waals surface area contributed by atoms with E-state index >= 15 is 0 Å². The van der Waals surface area contributed by atoms with Gasteiger partial charge in [0, 0.05) is 63.0 Å². The summed E-state index contributed by atoms with van der Waals surface area (Å²) in [6, 6.07) is 19.2. The molecule has 1 aliphatic heterocycles. The molecule has 3 aromatic rings. The van der Waals surface area contributed by atoms with Gasteiger partial charge in [-0.25, -0.2) is 0 Å². The number of carbonyl (C=O) groups is 2. The number of para-hydroxylation sites is 1. The van der Waals surface area contributed by atoms with E-state index in [1.807, 2.05) is 6.07 Å². The van der Waals surface area contributed by atoms with Crippen LogP contribution in [0.25, 0.3) is 10.9 Å². The molecule has 2 atom stereocenters. The normalized spacial score (nSPS) is 22.1. The van der Waals surface area contributed by atoms with Crippen LogP contribution in [0, 0.1) is 11.8 Å². The van der Waals surface area contributed by atoms with Crippen LogP contribution in [-0.2, 0) is 33.0 Å². The minimum absolute atomic E-state index is 0.0813. The molecule has 0 spiro atoms. The Morgan fingerprint density at radius 2 is 1.76 bits per heavy atom. The number of aryl methyl sites for hydroxylation is 1. The van der Waals surface area contributed by atoms with Crippen LogP contribution in [0.4, 0.5) is 0 Å². The number of benzene rings is 2. The number of aromatic nitrogens is 1. The number of nitrogens with zero attached hydrogens (tertiary/aromatic N) is 2. The second-order valence-corrected chi connectivity index (χ2v) is 12.3. The third-order valence-electron chi connectivity index (χ3n) is 9.45. The van der Waals surface area contributed by atoms with Crippen LogP contribution < -0.4 is 10.6 Å². The van der Waals surface area contributed by atoms with Crippen molar-refractivity contribution in [1.82, 2.24) is 20.1 Å². The van der Waals surface area contributed by atoms with E-state index in [9.17, 15) is 9.59 Å². The average molecular weight is 557 g/mol. The van der Waals surface area contributed by atoms with Gasteiger partial charge in [0.1, 0.15) is 0 Å². The number of methoxy groups -OCH3 is 1. The summed E-state index contributed by atoms with van der Waals surface area (Å²) >= 11 is 0. The van der Waals surface area contributed by atoms with Gasteiger partial charge in [0.15, 0.2) is 0 Å². The van der Waals surface area contributed by atoms with E-state index in [-0.39, 0.29) is 29.2 Å². The zero-order valence-corrected chi connectivity index (χ0v) is 24.3. The van der Waals surface area contributed by atoms with Crippen LogP contribution in [0.5, 0.6) is 0 Å². The first-order valence-corrected chi connectivity index (χ1v) is 15.5. The number of fused-ring (bicyclic) bond motifs is 1. The lowest BCUT2D eigenvalue weighted by Gasteiger charge is -2.36. The number of piperidine rings is 1. The lowest BCUT2D eigenvalue weighted by atomic mass is 9.85. The molecule has 2 heterocycles. The van der Waals surface area contributed by atoms with E-state index in [1.54, 1.807) is 7.11 Å². The van der Waals surface area contributed by atoms with E-state index in [4.69, 9.17) is 4.74 Å². The van der Waals surface area contributed by atoms with Gasteiger partial charge in [-0.1, -0.05) is 61.4 Å². The number of rotatable bonds is 11. The summed E-state index contributed by atoms with van der Waals surface area (Å²) in [5.74, 6) is -0.126. The maximum atomic E-state index is 14.1. The summed E-state index contributed by atoms with van der Waals surface area (Å²) in [6.45, 7) is 3.49. The predicted octanol–water partition coefficient (Wildman–Crippen LogP) is 4.98. The summed E-state index contributed by atoms with van der Waals surface area (Å²) in [5, 5.41) is 8.12. The number of nitrogens with one attached hydrogen (secondary N) is 2. The SMILES string of the molecule is COCCCn1cc(CN(C(=O)[C@H]2CNC[C@@H](C(=O)NC3(c4ccccc4)CCCC3)C2)C2CC2)c2ccccc21. The zero-order chi connectivity index (χ0) is 28.2. The number of ether oxygens (including phenoxy) is 1. The van der Waals surface area contributed by atoms with Crippen molar-refractivity contribution in [3.63, 3.8) is 0 Å². The topological polar surface area (TPSA) is 75.6 Å². The number of hydrogen-bond donors (Lipinski definition) is 2. The highest BCUT2D eigenvalue weighted by atomic mass is 16.5. The molecule has 2 aliphatic carbocycles. The number of hydrogen-bond acceptors (Lipinski definition) is 4. The van der Waals surface area contributed by atoms with Crippen molar-refractivity contribution in [3.8, 4) is 0 Å². The van der Waals surface area contributed by atoms with Gasteiger partial charge in [-0.2, -0.15) is 0 Å². The van der Waals surface area contributed by atoms with Gasteiger partial charge in [0.25, 0.3) is 0 Å². The van der Waals surface area contributed by atoms with Crippen LogP contribution in [-0.4, -0.2) is 54.1 Å². The highest BCUT2D eigenvalue weighted by Crippen LogP contribution is 2.39. The minimum atomic E-state index is -0.285. The highest BCUT2D eigenvalue weighted by Gasteiger charge is 2.42. The van der Waals surface area contributed by atoms with Crippen LogP contribution in [0.1, 0.15) is 62.5 Å². The second kappa shape index (κ2) is 12.4. The van der Waals surface area contributed by atoms with Crippen molar-refractivity contribution in [1.29, 1.82) is 0 Å². The van der Waals surface area contributed by atoms with Gasteiger partial charge in [0.05, 0.1) is 17.4 Å². The molecule has 3 fully saturated rings. The highest BCUT2D eigenvalue weighted by molar-refractivity contribution is 5.86. The zero-order valence-electron chi connectivity index (χ0n) is 24.3. The van der Waals surface area contributed by atoms with E-state index < -0.39 is 0 Å². The Balaban J connectivity index is 1.16. The predicted molar refractivity (Wildman–Crippen MR) is 161 cm³/mol. The summed E-state index contributed by atoms with van der Waals surface area (Å²) in [5.41, 5.74) is 3.32. The molecule has 0 unspecified atom stereocenters. The lowest BCUT2D eigenvalue weighted by molar-refractivity contribution is -0.139. The monoisotopic (exact) mass is 556 g/mol. The Kier molecular flexibility index (Phi) is 8.45. The van der Waals surface area contributed by atoms with Crippen molar-refractivity contribution < 1.29 is 14.3 Å². The molecule has 7 heteroatoms. The molecule has 0 radical (unpaired) electrons. The molecule has 2 aromatic carbocycles. The standard InChI is InChI=1S/C34H44N4O3/c1-41-19-9-18-37-23-27(30-12-5-6-13-31(30)37)24-38(29-14-15-29)33(40)26-20-25(21-35-22-26)32(39)36-34(16-7-8-17-34)28-10-3-2-4-11-28/h2-6,10-13,23,25-26,29,35H,7-9,14-22,24H2,1H3,(H,36,39)/t25-,26+/m0/s1. The van der Waals surface area contributed by atoms with E-state index in [0.717, 1.165) is 58.1 Å². The second-order valence-electron chi connectivity index (χ2n) is 12.3. The molecule has 2 N–H and O–H groups in total. The van der Waals surface area contributed by atoms with Gasteiger partial charge in [-0.15, -0.1) is 0 Å². The average Bonchev–Trinajstić information content (AvgIpc) is 3.65. The maximum Gasteiger partial charge on any atom is 0.227 e. The van der Waals surface area contributed by atoms with Crippen molar-refractivity contribution in [2.45, 2.75) is 76.0 Å². The first-order valence-electron chi connectivity index (χ1n) is 15.5. The summed E-state index contributed by atoms with van der Waals surface area (Å²) in [4.78, 5) is 29.9. The smallest absolute Gasteiger partial charge is 0.227 e. The third-order valence-corrected chi connectivity index (χ3v) is 9.45. The van der Waals surface area contributed by atoms with E-state index in [1.165, 1.54) is 22.0 Å². The molecule has 0 bridgehead atoms. The Morgan fingerprint density at radius 3 is 2.51 bits per heavy atom. The van der Waals surface area contributed by atoms with Crippen LogP contribution in [0.15, 0.2) is 60.8 Å². The Bertz CT molecular complexity index is 1340. The van der Waals surface area contributed by atoms with Gasteiger partial charge < -0.3 is 24.8 Å². The van der Waals surface area contributed by atoms with Crippen molar-refractivity contribution in [2.24, 2.45) is 11.8 Å². The third kappa shape index (κ3) is 6.07. The van der Waals surface area contributed by atoms with Crippen molar-refractivity contribution >= 4 is 22.7 Å². The molecular formula is C34H44N4O3. The van der Waals surface area contributed by atoms with Crippen molar-refractivity contribution in [2.75, 3.05) is 26.8 Å². The fraction of sp³-hybridized carbons (Fsp3) is 0.529. The fourth-order valence-electron chi connectivity index (χ4n) is 7.09. The van der Waals surface area contributed by atoms with Crippen LogP contribution in [0.2, 0.25) is 0 Å². The summed E-state index contributed by atoms with van der Waals surface area (Å²) in [6.07, 6.45) is 10.1. The Morgan fingerprint density at radius 1 is 1.02 bits per heavy atom. The first kappa shape index (κ1) is 28.0. The number of amides is 2.